The summed E-state index contributed by atoms with van der Waals surface area (Å²) in [6.45, 7) is 5.03. The van der Waals surface area contributed by atoms with Crippen LogP contribution in [0.4, 0.5) is 0 Å². The van der Waals surface area contributed by atoms with Crippen LogP contribution in [-0.4, -0.2) is 12.1 Å². The second-order valence-corrected chi connectivity index (χ2v) is 5.53. The van der Waals surface area contributed by atoms with Crippen LogP contribution in [0, 0.1) is 6.92 Å². The second kappa shape index (κ2) is 5.98. The fourth-order valence-corrected chi connectivity index (χ4v) is 2.51. The van der Waals surface area contributed by atoms with Gasteiger partial charge in [-0.25, -0.2) is 4.98 Å². The number of aryl methyl sites for hydroxylation is 1. The molecule has 4 heteroatoms. The molecule has 1 aromatic heterocycles. The van der Waals surface area contributed by atoms with Crippen molar-refractivity contribution in [3.8, 4) is 5.75 Å². The van der Waals surface area contributed by atoms with Crippen molar-refractivity contribution >= 4 is 11.3 Å². The number of benzene rings is 1. The van der Waals surface area contributed by atoms with Gasteiger partial charge in [-0.2, -0.15) is 0 Å². The van der Waals surface area contributed by atoms with Gasteiger partial charge in [-0.05, 0) is 31.5 Å². The van der Waals surface area contributed by atoms with Crippen molar-refractivity contribution in [1.82, 2.24) is 10.3 Å². The van der Waals surface area contributed by atoms with Gasteiger partial charge in [0.15, 0.2) is 0 Å². The third-order valence-electron chi connectivity index (χ3n) is 2.76. The molecule has 96 valence electrons. The van der Waals surface area contributed by atoms with Crippen LogP contribution in [0.1, 0.15) is 28.4 Å². The molecule has 0 bridgehead atoms. The van der Waals surface area contributed by atoms with Crippen LogP contribution in [0.2, 0.25) is 0 Å². The molecule has 0 aliphatic heterocycles. The van der Waals surface area contributed by atoms with E-state index in [1.54, 1.807) is 18.4 Å². The van der Waals surface area contributed by atoms with Gasteiger partial charge in [-0.15, -0.1) is 11.3 Å². The van der Waals surface area contributed by atoms with E-state index in [1.807, 2.05) is 24.4 Å². The van der Waals surface area contributed by atoms with Crippen LogP contribution in [-0.2, 0) is 6.54 Å². The number of nitrogens with zero attached hydrogens (tertiary/aromatic N) is 1. The van der Waals surface area contributed by atoms with Gasteiger partial charge in [0.1, 0.15) is 10.8 Å². The minimum Gasteiger partial charge on any atom is -0.497 e. The molecule has 1 unspecified atom stereocenters. The SMILES string of the molecule is COc1cccc(CNC(C)c2ncc(C)s2)c1. The summed E-state index contributed by atoms with van der Waals surface area (Å²) in [4.78, 5) is 5.64. The predicted molar refractivity (Wildman–Crippen MR) is 75.1 cm³/mol. The van der Waals surface area contributed by atoms with Crippen molar-refractivity contribution in [2.45, 2.75) is 26.4 Å². The van der Waals surface area contributed by atoms with E-state index in [-0.39, 0.29) is 6.04 Å². The van der Waals surface area contributed by atoms with Crippen molar-refractivity contribution in [3.05, 3.63) is 45.9 Å². The van der Waals surface area contributed by atoms with E-state index in [2.05, 4.69) is 30.2 Å². The van der Waals surface area contributed by atoms with Crippen LogP contribution in [0.15, 0.2) is 30.5 Å². The summed E-state index contributed by atoms with van der Waals surface area (Å²) in [5.74, 6) is 0.895. The summed E-state index contributed by atoms with van der Waals surface area (Å²) in [7, 11) is 1.69. The highest BCUT2D eigenvalue weighted by Gasteiger charge is 2.08. The fourth-order valence-electron chi connectivity index (χ4n) is 1.71. The fraction of sp³-hybridized carbons (Fsp3) is 0.357. The van der Waals surface area contributed by atoms with Gasteiger partial charge in [0.25, 0.3) is 0 Å². The van der Waals surface area contributed by atoms with Crippen molar-refractivity contribution in [2.75, 3.05) is 7.11 Å². The van der Waals surface area contributed by atoms with Gasteiger partial charge >= 0.3 is 0 Å². The molecule has 0 radical (unpaired) electrons. The number of nitrogens with one attached hydrogen (secondary N) is 1. The minimum absolute atomic E-state index is 0.273. The molecular formula is C14H18N2OS. The van der Waals surface area contributed by atoms with E-state index in [9.17, 15) is 0 Å². The average molecular weight is 262 g/mol. The Morgan fingerprint density at radius 3 is 2.94 bits per heavy atom. The molecule has 0 aliphatic carbocycles. The van der Waals surface area contributed by atoms with Gasteiger partial charge < -0.3 is 10.1 Å². The molecule has 0 spiro atoms. The van der Waals surface area contributed by atoms with Gasteiger partial charge in [0, 0.05) is 17.6 Å². The standard InChI is InChI=1S/C14H18N2OS/c1-10-8-16-14(18-10)11(2)15-9-12-5-4-6-13(7-12)17-3/h4-8,11,15H,9H2,1-3H3. The first-order chi connectivity index (χ1) is 8.69. The zero-order valence-corrected chi connectivity index (χ0v) is 11.8. The van der Waals surface area contributed by atoms with Crippen LogP contribution in [0.3, 0.4) is 0 Å². The Balaban J connectivity index is 1.94. The topological polar surface area (TPSA) is 34.1 Å². The minimum atomic E-state index is 0.273. The Bertz CT molecular complexity index is 510. The maximum Gasteiger partial charge on any atom is 0.119 e. The van der Waals surface area contributed by atoms with Gasteiger partial charge in [-0.3, -0.25) is 0 Å². The lowest BCUT2D eigenvalue weighted by atomic mass is 10.2. The Kier molecular flexibility index (Phi) is 4.33. The molecule has 1 aromatic carbocycles. The Labute approximate surface area is 112 Å². The zero-order valence-electron chi connectivity index (χ0n) is 10.9. The molecule has 0 fully saturated rings. The summed E-state index contributed by atoms with van der Waals surface area (Å²) < 4.78 is 5.21. The molecule has 2 rings (SSSR count). The number of thiazole rings is 1. The van der Waals surface area contributed by atoms with Crippen molar-refractivity contribution in [1.29, 1.82) is 0 Å². The zero-order chi connectivity index (χ0) is 13.0. The highest BCUT2D eigenvalue weighted by atomic mass is 32.1. The van der Waals surface area contributed by atoms with E-state index in [0.29, 0.717) is 0 Å². The highest BCUT2D eigenvalue weighted by molar-refractivity contribution is 7.11. The second-order valence-electron chi connectivity index (χ2n) is 4.26. The first-order valence-electron chi connectivity index (χ1n) is 5.97. The number of ether oxygens (including phenoxy) is 1. The van der Waals surface area contributed by atoms with E-state index in [4.69, 9.17) is 4.74 Å². The van der Waals surface area contributed by atoms with Gasteiger partial charge in [-0.1, -0.05) is 12.1 Å². The Hall–Kier alpha value is -1.39. The third kappa shape index (κ3) is 3.31. The maximum absolute atomic E-state index is 5.21. The largest absolute Gasteiger partial charge is 0.497 e. The van der Waals surface area contributed by atoms with Crippen molar-refractivity contribution in [3.63, 3.8) is 0 Å². The number of aromatic nitrogens is 1. The first-order valence-corrected chi connectivity index (χ1v) is 6.79. The lowest BCUT2D eigenvalue weighted by molar-refractivity contribution is 0.414. The summed E-state index contributed by atoms with van der Waals surface area (Å²) in [6.07, 6.45) is 1.92. The summed E-state index contributed by atoms with van der Waals surface area (Å²) in [6, 6.07) is 8.38. The molecule has 0 aliphatic rings. The van der Waals surface area contributed by atoms with Crippen LogP contribution < -0.4 is 10.1 Å². The van der Waals surface area contributed by atoms with E-state index >= 15 is 0 Å². The third-order valence-corrected chi connectivity index (χ3v) is 3.85. The lowest BCUT2D eigenvalue weighted by Crippen LogP contribution is -2.17. The molecule has 0 amide bonds. The van der Waals surface area contributed by atoms with Crippen LogP contribution >= 0.6 is 11.3 Å². The molecule has 3 nitrogen and oxygen atoms in total. The molecule has 1 N–H and O–H groups in total. The highest BCUT2D eigenvalue weighted by Crippen LogP contribution is 2.20. The molecular weight excluding hydrogens is 244 g/mol. The Morgan fingerprint density at radius 2 is 2.28 bits per heavy atom. The number of rotatable bonds is 5. The van der Waals surface area contributed by atoms with E-state index < -0.39 is 0 Å². The molecule has 0 saturated carbocycles. The molecule has 18 heavy (non-hydrogen) atoms. The van der Waals surface area contributed by atoms with Crippen molar-refractivity contribution in [2.24, 2.45) is 0 Å². The molecule has 2 aromatic rings. The monoisotopic (exact) mass is 262 g/mol. The maximum atomic E-state index is 5.21. The smallest absolute Gasteiger partial charge is 0.119 e. The quantitative estimate of drug-likeness (QED) is 0.897. The van der Waals surface area contributed by atoms with Crippen molar-refractivity contribution < 1.29 is 4.74 Å². The van der Waals surface area contributed by atoms with E-state index in [1.165, 1.54) is 10.4 Å². The van der Waals surface area contributed by atoms with Gasteiger partial charge in [0.2, 0.25) is 0 Å². The number of hydrogen-bond acceptors (Lipinski definition) is 4. The van der Waals surface area contributed by atoms with Crippen LogP contribution in [0.25, 0.3) is 0 Å². The lowest BCUT2D eigenvalue weighted by Gasteiger charge is -2.11. The Morgan fingerprint density at radius 1 is 1.44 bits per heavy atom. The summed E-state index contributed by atoms with van der Waals surface area (Å²) in [5.41, 5.74) is 1.22. The number of hydrogen-bond donors (Lipinski definition) is 1. The molecule has 0 saturated heterocycles. The summed E-state index contributed by atoms with van der Waals surface area (Å²) >= 11 is 1.74. The van der Waals surface area contributed by atoms with Crippen LogP contribution in [0.5, 0.6) is 5.75 Å². The first kappa shape index (κ1) is 13.1. The van der Waals surface area contributed by atoms with Gasteiger partial charge in [0.05, 0.1) is 13.2 Å². The molecule has 1 heterocycles. The normalized spacial score (nSPS) is 12.4. The summed E-state index contributed by atoms with van der Waals surface area (Å²) in [5, 5.41) is 4.61. The predicted octanol–water partition coefficient (Wildman–Crippen LogP) is 3.31. The molecule has 1 atom stereocenters. The van der Waals surface area contributed by atoms with E-state index in [0.717, 1.165) is 17.3 Å². The number of methoxy groups -OCH3 is 1. The average Bonchev–Trinajstić information content (AvgIpc) is 2.83.